The van der Waals surface area contributed by atoms with Crippen molar-refractivity contribution in [1.29, 1.82) is 0 Å². The highest BCUT2D eigenvalue weighted by molar-refractivity contribution is 8.26. The van der Waals surface area contributed by atoms with Crippen LogP contribution in [-0.2, 0) is 14.3 Å². The van der Waals surface area contributed by atoms with Crippen molar-refractivity contribution < 1.29 is 14.3 Å². The van der Waals surface area contributed by atoms with Crippen molar-refractivity contribution in [1.82, 2.24) is 4.90 Å². The molecular weight excluding hydrogens is 330 g/mol. The summed E-state index contributed by atoms with van der Waals surface area (Å²) in [7, 11) is 0. The molecule has 1 saturated heterocycles. The third-order valence-electron chi connectivity index (χ3n) is 3.17. The largest absolute Gasteiger partial charge is 0.464 e. The molecule has 6 heteroatoms. The highest BCUT2D eigenvalue weighted by Crippen LogP contribution is 2.32. The summed E-state index contributed by atoms with van der Waals surface area (Å²) in [5.74, 6) is -0.719. The predicted octanol–water partition coefficient (Wildman–Crippen LogP) is 3.40. The molecule has 2 rings (SSSR count). The minimum atomic E-state index is -0.716. The molecule has 0 spiro atoms. The number of nitrogens with zero attached hydrogens (tertiary/aromatic N) is 1. The fourth-order valence-corrected chi connectivity index (χ4v) is 3.38. The van der Waals surface area contributed by atoms with Crippen LogP contribution in [0.25, 0.3) is 6.08 Å². The Labute approximate surface area is 145 Å². The van der Waals surface area contributed by atoms with E-state index in [1.807, 2.05) is 36.4 Å². The van der Waals surface area contributed by atoms with Crippen LogP contribution in [0.5, 0.6) is 0 Å². The SMILES string of the molecule is CCOC(=O)C(C)N1C(=O)/C(=C/C=C/c2ccccc2)SC1=S. The normalized spacial score (nSPS) is 18.0. The van der Waals surface area contributed by atoms with Gasteiger partial charge in [-0.2, -0.15) is 0 Å². The third-order valence-corrected chi connectivity index (χ3v) is 4.52. The molecule has 1 aliphatic heterocycles. The Kier molecular flexibility index (Phi) is 6.12. The lowest BCUT2D eigenvalue weighted by Gasteiger charge is -2.21. The molecule has 4 nitrogen and oxygen atoms in total. The van der Waals surface area contributed by atoms with Crippen molar-refractivity contribution in [2.24, 2.45) is 0 Å². The molecule has 1 unspecified atom stereocenters. The van der Waals surface area contributed by atoms with Crippen LogP contribution in [0.3, 0.4) is 0 Å². The van der Waals surface area contributed by atoms with Crippen molar-refractivity contribution in [2.75, 3.05) is 6.61 Å². The summed E-state index contributed by atoms with van der Waals surface area (Å²) in [6, 6.07) is 9.06. The molecule has 0 saturated carbocycles. The van der Waals surface area contributed by atoms with Gasteiger partial charge in [-0.15, -0.1) is 0 Å². The van der Waals surface area contributed by atoms with E-state index in [4.69, 9.17) is 17.0 Å². The Morgan fingerprint density at radius 2 is 2.09 bits per heavy atom. The third kappa shape index (κ3) is 4.30. The first-order chi connectivity index (χ1) is 11.0. The first-order valence-corrected chi connectivity index (χ1v) is 8.42. The lowest BCUT2D eigenvalue weighted by molar-refractivity contribution is -0.149. The number of allylic oxidation sites excluding steroid dienone is 2. The first kappa shape index (κ1) is 17.4. The van der Waals surface area contributed by atoms with Crippen molar-refractivity contribution in [3.63, 3.8) is 0 Å². The fraction of sp³-hybridized carbons (Fsp3) is 0.235. The maximum Gasteiger partial charge on any atom is 0.329 e. The van der Waals surface area contributed by atoms with Gasteiger partial charge in [0.05, 0.1) is 11.5 Å². The average Bonchev–Trinajstić information content (AvgIpc) is 2.82. The van der Waals surface area contributed by atoms with Gasteiger partial charge in [-0.1, -0.05) is 66.5 Å². The molecule has 1 heterocycles. The van der Waals surface area contributed by atoms with Gasteiger partial charge in [0.2, 0.25) is 0 Å². The van der Waals surface area contributed by atoms with Crippen LogP contribution in [0.4, 0.5) is 0 Å². The molecule has 0 bridgehead atoms. The molecule has 1 fully saturated rings. The summed E-state index contributed by atoms with van der Waals surface area (Å²) in [5.41, 5.74) is 1.04. The van der Waals surface area contributed by atoms with E-state index < -0.39 is 12.0 Å². The van der Waals surface area contributed by atoms with Crippen molar-refractivity contribution in [3.05, 3.63) is 53.0 Å². The summed E-state index contributed by atoms with van der Waals surface area (Å²) in [4.78, 5) is 26.0. The van der Waals surface area contributed by atoms with Crippen LogP contribution in [0, 0.1) is 0 Å². The lowest BCUT2D eigenvalue weighted by atomic mass is 10.2. The summed E-state index contributed by atoms with van der Waals surface area (Å²) < 4.78 is 5.32. The van der Waals surface area contributed by atoms with E-state index in [1.54, 1.807) is 26.0 Å². The van der Waals surface area contributed by atoms with Gasteiger partial charge in [0.1, 0.15) is 10.4 Å². The Morgan fingerprint density at radius 1 is 1.39 bits per heavy atom. The van der Waals surface area contributed by atoms with Crippen LogP contribution < -0.4 is 0 Å². The van der Waals surface area contributed by atoms with E-state index >= 15 is 0 Å². The Balaban J connectivity index is 2.10. The molecular formula is C17H17NO3S2. The number of hydrogen-bond donors (Lipinski definition) is 0. The van der Waals surface area contributed by atoms with Crippen molar-refractivity contribution >= 4 is 46.3 Å². The van der Waals surface area contributed by atoms with Gasteiger partial charge in [0, 0.05) is 0 Å². The van der Waals surface area contributed by atoms with Crippen molar-refractivity contribution in [3.8, 4) is 0 Å². The number of ether oxygens (including phenoxy) is 1. The van der Waals surface area contributed by atoms with Crippen LogP contribution in [0.1, 0.15) is 19.4 Å². The quantitative estimate of drug-likeness (QED) is 0.464. The number of benzene rings is 1. The van der Waals surface area contributed by atoms with Crippen LogP contribution in [-0.4, -0.2) is 33.7 Å². The Morgan fingerprint density at radius 3 is 2.74 bits per heavy atom. The summed E-state index contributed by atoms with van der Waals surface area (Å²) in [6.07, 6.45) is 5.42. The van der Waals surface area contributed by atoms with Crippen molar-refractivity contribution in [2.45, 2.75) is 19.9 Å². The average molecular weight is 347 g/mol. The fourth-order valence-electron chi connectivity index (χ4n) is 2.01. The Bertz CT molecular complexity index is 668. The second kappa shape index (κ2) is 8.08. The molecule has 23 heavy (non-hydrogen) atoms. The van der Waals surface area contributed by atoms with Gasteiger partial charge < -0.3 is 4.74 Å². The molecule has 1 amide bonds. The molecule has 1 aromatic rings. The molecule has 1 aliphatic rings. The lowest BCUT2D eigenvalue weighted by Crippen LogP contribution is -2.42. The zero-order chi connectivity index (χ0) is 16.8. The topological polar surface area (TPSA) is 46.6 Å². The molecule has 0 N–H and O–H groups in total. The molecule has 1 aromatic carbocycles. The predicted molar refractivity (Wildman–Crippen MR) is 96.7 cm³/mol. The van der Waals surface area contributed by atoms with Crippen LogP contribution in [0.2, 0.25) is 0 Å². The van der Waals surface area contributed by atoms with Crippen LogP contribution >= 0.6 is 24.0 Å². The molecule has 0 aromatic heterocycles. The van der Waals surface area contributed by atoms with E-state index in [9.17, 15) is 9.59 Å². The number of thioether (sulfide) groups is 1. The minimum absolute atomic E-state index is 0.265. The van der Waals surface area contributed by atoms with Gasteiger partial charge in [-0.05, 0) is 25.5 Å². The van der Waals surface area contributed by atoms with Crippen LogP contribution in [0.15, 0.2) is 47.4 Å². The van der Waals surface area contributed by atoms with E-state index in [-0.39, 0.29) is 12.5 Å². The Hall–Kier alpha value is -1.92. The van der Waals surface area contributed by atoms with Gasteiger partial charge in [0.25, 0.3) is 5.91 Å². The molecule has 120 valence electrons. The number of esters is 1. The highest BCUT2D eigenvalue weighted by atomic mass is 32.2. The highest BCUT2D eigenvalue weighted by Gasteiger charge is 2.38. The number of thiocarbonyl (C=S) groups is 1. The van der Waals surface area contributed by atoms with E-state index in [0.29, 0.717) is 9.23 Å². The summed E-state index contributed by atoms with van der Waals surface area (Å²) in [5, 5.41) is 0. The smallest absolute Gasteiger partial charge is 0.329 e. The molecule has 0 radical (unpaired) electrons. The first-order valence-electron chi connectivity index (χ1n) is 7.20. The molecule has 0 aliphatic carbocycles. The second-order valence-electron chi connectivity index (χ2n) is 4.77. The number of amides is 1. The number of carbonyl (C=O) groups excluding carboxylic acids is 2. The number of rotatable bonds is 5. The summed E-state index contributed by atoms with van der Waals surface area (Å²) >= 11 is 6.40. The van der Waals surface area contributed by atoms with Gasteiger partial charge >= 0.3 is 5.97 Å². The zero-order valence-corrected chi connectivity index (χ0v) is 14.5. The van der Waals surface area contributed by atoms with Gasteiger partial charge in [-0.3, -0.25) is 9.69 Å². The van der Waals surface area contributed by atoms with E-state index in [1.165, 1.54) is 16.7 Å². The number of hydrogen-bond acceptors (Lipinski definition) is 5. The summed E-state index contributed by atoms with van der Waals surface area (Å²) in [6.45, 7) is 3.61. The number of carbonyl (C=O) groups is 2. The van der Waals surface area contributed by atoms with Gasteiger partial charge in [0.15, 0.2) is 0 Å². The zero-order valence-electron chi connectivity index (χ0n) is 12.9. The maximum atomic E-state index is 12.4. The van der Waals surface area contributed by atoms with E-state index in [2.05, 4.69) is 0 Å². The second-order valence-corrected chi connectivity index (χ2v) is 6.45. The standard InChI is InChI=1S/C17H17NO3S2/c1-3-21-16(20)12(2)18-15(19)14(23-17(18)22)11-7-10-13-8-5-4-6-9-13/h4-12H,3H2,1-2H3/b10-7+,14-11-. The monoisotopic (exact) mass is 347 g/mol. The van der Waals surface area contributed by atoms with Gasteiger partial charge in [-0.25, -0.2) is 4.79 Å². The molecule has 1 atom stereocenters. The minimum Gasteiger partial charge on any atom is -0.464 e. The maximum absolute atomic E-state index is 12.4. The van der Waals surface area contributed by atoms with E-state index in [0.717, 1.165) is 5.56 Å².